The molecule has 0 spiro atoms. The molecule has 2 rings (SSSR count). The molecule has 18 heavy (non-hydrogen) atoms. The topological polar surface area (TPSA) is 46.4 Å². The van der Waals surface area contributed by atoms with Gasteiger partial charge in [0.25, 0.3) is 0 Å². The van der Waals surface area contributed by atoms with Gasteiger partial charge in [-0.3, -0.25) is 15.0 Å². The number of hydrogen-bond acceptors (Lipinski definition) is 3. The highest BCUT2D eigenvalue weighted by Crippen LogP contribution is 2.28. The summed E-state index contributed by atoms with van der Waals surface area (Å²) in [4.78, 5) is 12.5. The van der Waals surface area contributed by atoms with Crippen LogP contribution in [0.2, 0.25) is 10.0 Å². The molecule has 1 saturated heterocycles. The number of halogens is 2. The van der Waals surface area contributed by atoms with Gasteiger partial charge in [0, 0.05) is 27.1 Å². The standard InChI is InChI=1S/C12H14Cl2N2O2/c13-11-4-1-5-12(14)10(11)8-15-6-2-3-9(15)7-16(17)18/h1,4-5,9H,2-3,6-8H2/t9-/m1/s1. The highest BCUT2D eigenvalue weighted by atomic mass is 35.5. The molecule has 0 aliphatic carbocycles. The molecule has 0 N–H and O–H groups in total. The van der Waals surface area contributed by atoms with Crippen molar-refractivity contribution in [3.05, 3.63) is 43.9 Å². The van der Waals surface area contributed by atoms with Crippen molar-refractivity contribution in [2.24, 2.45) is 0 Å². The van der Waals surface area contributed by atoms with Crippen molar-refractivity contribution < 1.29 is 4.92 Å². The van der Waals surface area contributed by atoms with Crippen molar-refractivity contribution in [3.63, 3.8) is 0 Å². The van der Waals surface area contributed by atoms with Gasteiger partial charge in [-0.1, -0.05) is 29.3 Å². The van der Waals surface area contributed by atoms with E-state index < -0.39 is 0 Å². The Morgan fingerprint density at radius 3 is 2.67 bits per heavy atom. The largest absolute Gasteiger partial charge is 0.290 e. The van der Waals surface area contributed by atoms with Crippen molar-refractivity contribution >= 4 is 23.2 Å². The summed E-state index contributed by atoms with van der Waals surface area (Å²) >= 11 is 12.2. The first-order valence-electron chi connectivity index (χ1n) is 5.86. The molecule has 1 aromatic carbocycles. The van der Waals surface area contributed by atoms with Crippen LogP contribution in [0, 0.1) is 10.1 Å². The van der Waals surface area contributed by atoms with Crippen LogP contribution >= 0.6 is 23.2 Å². The molecule has 1 aliphatic heterocycles. The Morgan fingerprint density at radius 1 is 1.39 bits per heavy atom. The third kappa shape index (κ3) is 3.13. The summed E-state index contributed by atoms with van der Waals surface area (Å²) in [6.07, 6.45) is 1.85. The molecule has 0 saturated carbocycles. The van der Waals surface area contributed by atoms with Gasteiger partial charge in [-0.05, 0) is 31.5 Å². The Bertz CT molecular complexity index is 433. The lowest BCUT2D eigenvalue weighted by Crippen LogP contribution is -2.34. The molecule has 1 aliphatic rings. The minimum Gasteiger partial charge on any atom is -0.290 e. The second-order valence-electron chi connectivity index (χ2n) is 4.48. The normalized spacial score (nSPS) is 20.2. The number of hydrogen-bond donors (Lipinski definition) is 0. The highest BCUT2D eigenvalue weighted by molar-refractivity contribution is 6.35. The maximum absolute atomic E-state index is 10.6. The van der Waals surface area contributed by atoms with E-state index in [0.29, 0.717) is 16.6 Å². The molecule has 0 aromatic heterocycles. The first-order chi connectivity index (χ1) is 8.58. The van der Waals surface area contributed by atoms with Gasteiger partial charge in [0.05, 0.1) is 6.04 Å². The van der Waals surface area contributed by atoms with Gasteiger partial charge in [-0.25, -0.2) is 0 Å². The van der Waals surface area contributed by atoms with Crippen LogP contribution in [0.4, 0.5) is 0 Å². The van der Waals surface area contributed by atoms with Crippen molar-refractivity contribution in [1.29, 1.82) is 0 Å². The molecular weight excluding hydrogens is 275 g/mol. The second-order valence-corrected chi connectivity index (χ2v) is 5.30. The van der Waals surface area contributed by atoms with Crippen LogP contribution in [0.5, 0.6) is 0 Å². The molecule has 1 fully saturated rings. The third-order valence-electron chi connectivity index (χ3n) is 3.28. The molecule has 0 amide bonds. The fourth-order valence-electron chi connectivity index (χ4n) is 2.37. The van der Waals surface area contributed by atoms with Crippen LogP contribution in [0.25, 0.3) is 0 Å². The Kier molecular flexibility index (Phi) is 4.43. The minimum atomic E-state index is -0.253. The molecule has 1 atom stereocenters. The van der Waals surface area contributed by atoms with Crippen LogP contribution in [0.3, 0.4) is 0 Å². The van der Waals surface area contributed by atoms with E-state index >= 15 is 0 Å². The lowest BCUT2D eigenvalue weighted by molar-refractivity contribution is -0.486. The van der Waals surface area contributed by atoms with Crippen LogP contribution in [-0.4, -0.2) is 29.0 Å². The van der Waals surface area contributed by atoms with E-state index in [-0.39, 0.29) is 17.5 Å². The monoisotopic (exact) mass is 288 g/mol. The SMILES string of the molecule is O=[N+]([O-])C[C@H]1CCCN1Cc1c(Cl)cccc1Cl. The van der Waals surface area contributed by atoms with Crippen LogP contribution in [0.15, 0.2) is 18.2 Å². The molecule has 1 aromatic rings. The van der Waals surface area contributed by atoms with Crippen LogP contribution < -0.4 is 0 Å². The van der Waals surface area contributed by atoms with Crippen molar-refractivity contribution in [1.82, 2.24) is 4.90 Å². The number of rotatable bonds is 4. The zero-order valence-corrected chi connectivity index (χ0v) is 11.3. The zero-order valence-electron chi connectivity index (χ0n) is 9.81. The maximum Gasteiger partial charge on any atom is 0.219 e. The summed E-state index contributed by atoms with van der Waals surface area (Å²) < 4.78 is 0. The molecule has 6 heteroatoms. The van der Waals surface area contributed by atoms with Gasteiger partial charge < -0.3 is 0 Å². The fraction of sp³-hybridized carbons (Fsp3) is 0.500. The smallest absolute Gasteiger partial charge is 0.219 e. The second kappa shape index (κ2) is 5.87. The summed E-state index contributed by atoms with van der Waals surface area (Å²) in [5.74, 6) is 0. The summed E-state index contributed by atoms with van der Waals surface area (Å²) in [7, 11) is 0. The summed E-state index contributed by atoms with van der Waals surface area (Å²) in [6.45, 7) is 1.43. The van der Waals surface area contributed by atoms with E-state index in [1.165, 1.54) is 0 Å². The lowest BCUT2D eigenvalue weighted by Gasteiger charge is -2.22. The van der Waals surface area contributed by atoms with E-state index in [2.05, 4.69) is 4.90 Å². The molecule has 4 nitrogen and oxygen atoms in total. The van der Waals surface area contributed by atoms with Gasteiger partial charge in [-0.2, -0.15) is 0 Å². The van der Waals surface area contributed by atoms with Crippen molar-refractivity contribution in [3.8, 4) is 0 Å². The van der Waals surface area contributed by atoms with E-state index in [4.69, 9.17) is 23.2 Å². The summed E-state index contributed by atoms with van der Waals surface area (Å²) in [5.41, 5.74) is 0.857. The first kappa shape index (κ1) is 13.6. The predicted molar refractivity (Wildman–Crippen MR) is 71.8 cm³/mol. The number of nitro groups is 1. The van der Waals surface area contributed by atoms with Gasteiger partial charge >= 0.3 is 0 Å². The Morgan fingerprint density at radius 2 is 2.06 bits per heavy atom. The molecular formula is C12H14Cl2N2O2. The highest BCUT2D eigenvalue weighted by Gasteiger charge is 2.29. The van der Waals surface area contributed by atoms with E-state index in [0.717, 1.165) is 24.9 Å². The average Bonchev–Trinajstić information content (AvgIpc) is 2.70. The Balaban J connectivity index is 2.10. The van der Waals surface area contributed by atoms with Gasteiger partial charge in [-0.15, -0.1) is 0 Å². The first-order valence-corrected chi connectivity index (χ1v) is 6.62. The molecule has 0 radical (unpaired) electrons. The van der Waals surface area contributed by atoms with Crippen molar-refractivity contribution in [2.75, 3.05) is 13.1 Å². The van der Waals surface area contributed by atoms with E-state index in [1.54, 1.807) is 18.2 Å². The predicted octanol–water partition coefficient (Wildman–Crippen LogP) is 3.23. The zero-order chi connectivity index (χ0) is 13.1. The number of nitrogens with zero attached hydrogens (tertiary/aromatic N) is 2. The Hall–Kier alpha value is -0.840. The molecule has 0 bridgehead atoms. The van der Waals surface area contributed by atoms with E-state index in [9.17, 15) is 10.1 Å². The van der Waals surface area contributed by atoms with Crippen LogP contribution in [0.1, 0.15) is 18.4 Å². The van der Waals surface area contributed by atoms with Gasteiger partial charge in [0.2, 0.25) is 6.54 Å². The quantitative estimate of drug-likeness (QED) is 0.631. The van der Waals surface area contributed by atoms with Gasteiger partial charge in [0.15, 0.2) is 0 Å². The lowest BCUT2D eigenvalue weighted by atomic mass is 10.2. The third-order valence-corrected chi connectivity index (χ3v) is 3.99. The van der Waals surface area contributed by atoms with E-state index in [1.807, 2.05) is 0 Å². The maximum atomic E-state index is 10.6. The molecule has 1 heterocycles. The van der Waals surface area contributed by atoms with Crippen molar-refractivity contribution in [2.45, 2.75) is 25.4 Å². The Labute approximate surface area is 116 Å². The molecule has 98 valence electrons. The fourth-order valence-corrected chi connectivity index (χ4v) is 2.89. The number of benzene rings is 1. The average molecular weight is 289 g/mol. The number of likely N-dealkylation sites (tertiary alicyclic amines) is 1. The van der Waals surface area contributed by atoms with Gasteiger partial charge in [0.1, 0.15) is 0 Å². The summed E-state index contributed by atoms with van der Waals surface area (Å²) in [5, 5.41) is 11.9. The summed E-state index contributed by atoms with van der Waals surface area (Å²) in [6, 6.07) is 5.38. The minimum absolute atomic E-state index is 0.00709. The molecule has 0 unspecified atom stereocenters. The van der Waals surface area contributed by atoms with Crippen LogP contribution in [-0.2, 0) is 6.54 Å².